The van der Waals surface area contributed by atoms with E-state index >= 15 is 0 Å². The van der Waals surface area contributed by atoms with Gasteiger partial charge in [-0.1, -0.05) is 331 Å². The molecular weight excluding hydrogens is 1020 g/mol. The zero-order chi connectivity index (χ0) is 59.1. The molecule has 3 unspecified atom stereocenters. The van der Waals surface area contributed by atoms with Crippen LogP contribution in [0.4, 0.5) is 0 Å². The molecule has 0 rings (SSSR count). The molecule has 1 amide bonds. The number of hydrogen-bond donors (Lipinski definition) is 3. The van der Waals surface area contributed by atoms with Crippen molar-refractivity contribution in [2.45, 2.75) is 341 Å². The Bertz CT molecular complexity index is 1550. The summed E-state index contributed by atoms with van der Waals surface area (Å²) in [5.41, 5.74) is 0. The van der Waals surface area contributed by atoms with E-state index in [0.717, 1.165) is 70.6 Å². The molecule has 3 atom stereocenters. The van der Waals surface area contributed by atoms with Crippen LogP contribution < -0.4 is 5.32 Å². The number of hydrogen-bond acceptors (Lipinski definition) is 5. The number of nitrogens with zero attached hydrogens (tertiary/aromatic N) is 1. The Balaban J connectivity index is 3.96. The van der Waals surface area contributed by atoms with Crippen LogP contribution in [-0.2, 0) is 18.4 Å². The van der Waals surface area contributed by atoms with E-state index in [1.165, 1.54) is 238 Å². The highest BCUT2D eigenvalue weighted by Gasteiger charge is 2.28. The highest BCUT2D eigenvalue weighted by molar-refractivity contribution is 7.47. The fraction of sp³-hybridized carbons (Fsp3) is 0.819. The zero-order valence-corrected chi connectivity index (χ0v) is 55.2. The van der Waals surface area contributed by atoms with Gasteiger partial charge in [0.15, 0.2) is 0 Å². The largest absolute Gasteiger partial charge is 0.472 e. The number of nitrogens with one attached hydrogen (secondary N) is 1. The van der Waals surface area contributed by atoms with Crippen molar-refractivity contribution in [2.75, 3.05) is 40.9 Å². The van der Waals surface area contributed by atoms with Crippen molar-refractivity contribution in [1.82, 2.24) is 5.32 Å². The van der Waals surface area contributed by atoms with Gasteiger partial charge in [0.25, 0.3) is 0 Å². The molecule has 0 aliphatic heterocycles. The molecule has 0 bridgehead atoms. The van der Waals surface area contributed by atoms with Gasteiger partial charge in [0.1, 0.15) is 13.2 Å². The summed E-state index contributed by atoms with van der Waals surface area (Å²) in [4.78, 5) is 23.4. The minimum Gasteiger partial charge on any atom is -0.387 e. The van der Waals surface area contributed by atoms with Crippen LogP contribution >= 0.6 is 7.82 Å². The van der Waals surface area contributed by atoms with Crippen molar-refractivity contribution < 1.29 is 32.9 Å². The normalized spacial score (nSPS) is 14.1. The first-order chi connectivity index (χ1) is 39.5. The minimum atomic E-state index is -4.35. The second-order valence-corrected chi connectivity index (χ2v) is 26.3. The second-order valence-electron chi connectivity index (χ2n) is 24.9. The summed E-state index contributed by atoms with van der Waals surface area (Å²) in [6, 6.07) is -0.847. The predicted octanol–water partition coefficient (Wildman–Crippen LogP) is 22.2. The van der Waals surface area contributed by atoms with Crippen LogP contribution in [0.5, 0.6) is 0 Å². The van der Waals surface area contributed by atoms with Gasteiger partial charge in [-0.05, 0) is 64.2 Å². The van der Waals surface area contributed by atoms with E-state index in [0.29, 0.717) is 17.4 Å². The first kappa shape index (κ1) is 78.9. The topological polar surface area (TPSA) is 105 Å². The molecule has 0 aromatic rings. The number of rotatable bonds is 64. The van der Waals surface area contributed by atoms with Crippen LogP contribution in [0, 0.1) is 0 Å². The van der Waals surface area contributed by atoms with Crippen LogP contribution in [0.25, 0.3) is 0 Å². The SMILES string of the molecule is CC/C=C\C/C=C\C/C=C\C/C=C\C/C=C\CCCCCCCCCCCCCCCCCCCCCCCCCC(=O)NC(COP(=O)(O)OCC[N+](C)(C)C)C(O)/C=C/CCCCCCCCCCCCCCCCCCCC. The lowest BCUT2D eigenvalue weighted by molar-refractivity contribution is -0.870. The molecule has 0 saturated carbocycles. The standard InChI is InChI=1S/C72H135N2O6P/c1-6-8-10-12-14-16-18-20-22-24-26-28-29-30-31-32-33-34-35-36-37-38-39-40-41-42-43-44-45-46-48-50-52-54-56-58-60-62-64-66-72(76)73-70(69-80-81(77,78)79-68-67-74(3,4)5)71(75)65-63-61-59-57-55-53-51-49-47-27-25-23-21-19-17-15-13-11-9-7-2/h8,10,14,16,20,22,26,28,30-31,63,65,70-71,75H,6-7,9,11-13,15,17-19,21,23-25,27,29,32-62,64,66-69H2,1-5H3,(H-,73,76,77,78)/p+1/b10-8-,16-14-,22-20-,28-26-,31-30-,65-63+. The lowest BCUT2D eigenvalue weighted by Gasteiger charge is -2.25. The van der Waals surface area contributed by atoms with Gasteiger partial charge in [0.2, 0.25) is 5.91 Å². The molecule has 8 nitrogen and oxygen atoms in total. The minimum absolute atomic E-state index is 0.0623. The van der Waals surface area contributed by atoms with Crippen LogP contribution in [0.2, 0.25) is 0 Å². The lowest BCUT2D eigenvalue weighted by atomic mass is 10.0. The second kappa shape index (κ2) is 62.5. The fourth-order valence-electron chi connectivity index (χ4n) is 10.3. The number of likely N-dealkylation sites (N-methyl/N-ethyl adjacent to an activating group) is 1. The van der Waals surface area contributed by atoms with Gasteiger partial charge < -0.3 is 19.8 Å². The Morgan fingerprint density at radius 1 is 0.432 bits per heavy atom. The zero-order valence-electron chi connectivity index (χ0n) is 54.3. The third-order valence-corrected chi connectivity index (χ3v) is 16.7. The molecule has 0 radical (unpaired) electrons. The van der Waals surface area contributed by atoms with Gasteiger partial charge in [-0.2, -0.15) is 0 Å². The molecule has 474 valence electrons. The first-order valence-electron chi connectivity index (χ1n) is 34.8. The maximum Gasteiger partial charge on any atom is 0.472 e. The highest BCUT2D eigenvalue weighted by atomic mass is 31.2. The number of quaternary nitrogens is 1. The van der Waals surface area contributed by atoms with Gasteiger partial charge >= 0.3 is 7.82 Å². The maximum absolute atomic E-state index is 13.0. The molecule has 0 fully saturated rings. The van der Waals surface area contributed by atoms with Crippen LogP contribution in [-0.4, -0.2) is 73.4 Å². The smallest absolute Gasteiger partial charge is 0.387 e. The quantitative estimate of drug-likeness (QED) is 0.0243. The number of carbonyl (C=O) groups is 1. The Morgan fingerprint density at radius 3 is 1.09 bits per heavy atom. The third-order valence-electron chi connectivity index (χ3n) is 15.7. The molecule has 3 N–H and O–H groups in total. The average Bonchev–Trinajstić information content (AvgIpc) is 3.43. The molecule has 81 heavy (non-hydrogen) atoms. The number of unbranched alkanes of at least 4 members (excludes halogenated alkanes) is 41. The van der Waals surface area contributed by atoms with Gasteiger partial charge in [-0.3, -0.25) is 13.8 Å². The Labute approximate surface area is 504 Å². The van der Waals surface area contributed by atoms with E-state index < -0.39 is 20.0 Å². The molecular formula is C72H136N2O6P+. The average molecular weight is 1160 g/mol. The van der Waals surface area contributed by atoms with Crippen molar-refractivity contribution in [3.05, 3.63) is 72.9 Å². The van der Waals surface area contributed by atoms with Crippen LogP contribution in [0.15, 0.2) is 72.9 Å². The van der Waals surface area contributed by atoms with E-state index in [2.05, 4.69) is 79.9 Å². The molecule has 0 aromatic heterocycles. The number of carbonyl (C=O) groups excluding carboxylic acids is 1. The summed E-state index contributed by atoms with van der Waals surface area (Å²) >= 11 is 0. The van der Waals surface area contributed by atoms with Gasteiger partial charge in [-0.15, -0.1) is 0 Å². The van der Waals surface area contributed by atoms with Gasteiger partial charge in [0, 0.05) is 6.42 Å². The van der Waals surface area contributed by atoms with Crippen molar-refractivity contribution in [3.8, 4) is 0 Å². The lowest BCUT2D eigenvalue weighted by Crippen LogP contribution is -2.45. The van der Waals surface area contributed by atoms with E-state index in [1.54, 1.807) is 6.08 Å². The maximum atomic E-state index is 13.0. The highest BCUT2D eigenvalue weighted by Crippen LogP contribution is 2.43. The number of amides is 1. The van der Waals surface area contributed by atoms with E-state index in [4.69, 9.17) is 9.05 Å². The number of aliphatic hydroxyl groups excluding tert-OH is 1. The van der Waals surface area contributed by atoms with Gasteiger partial charge in [0.05, 0.1) is 39.9 Å². The van der Waals surface area contributed by atoms with E-state index in [-0.39, 0.29) is 19.1 Å². The number of aliphatic hydroxyl groups is 1. The van der Waals surface area contributed by atoms with Crippen molar-refractivity contribution in [3.63, 3.8) is 0 Å². The third kappa shape index (κ3) is 65.3. The molecule has 0 aromatic carbocycles. The summed E-state index contributed by atoms with van der Waals surface area (Å²) < 4.78 is 23.8. The van der Waals surface area contributed by atoms with E-state index in [9.17, 15) is 19.4 Å². The van der Waals surface area contributed by atoms with Crippen molar-refractivity contribution in [2.24, 2.45) is 0 Å². The molecule has 9 heteroatoms. The van der Waals surface area contributed by atoms with Crippen LogP contribution in [0.3, 0.4) is 0 Å². The summed E-state index contributed by atoms with van der Waals surface area (Å²) in [7, 11) is 1.58. The van der Waals surface area contributed by atoms with Crippen LogP contribution in [0.1, 0.15) is 328 Å². The molecule has 0 spiro atoms. The number of phosphoric acid groups is 1. The summed E-state index contributed by atoms with van der Waals surface area (Å²) in [6.45, 7) is 4.74. The molecule has 0 aliphatic rings. The Hall–Kier alpha value is -2.06. The number of allylic oxidation sites excluding steroid dienone is 11. The Kier molecular flexibility index (Phi) is 60.9. The Morgan fingerprint density at radius 2 is 0.741 bits per heavy atom. The molecule has 0 aliphatic carbocycles. The molecule has 0 saturated heterocycles. The van der Waals surface area contributed by atoms with Crippen molar-refractivity contribution >= 4 is 13.7 Å². The van der Waals surface area contributed by atoms with E-state index in [1.807, 2.05) is 27.2 Å². The van der Waals surface area contributed by atoms with Crippen molar-refractivity contribution in [1.29, 1.82) is 0 Å². The number of phosphoric ester groups is 1. The predicted molar refractivity (Wildman–Crippen MR) is 355 cm³/mol. The summed E-state index contributed by atoms with van der Waals surface area (Å²) in [5.74, 6) is -0.172. The molecule has 0 heterocycles. The fourth-order valence-corrected chi connectivity index (χ4v) is 11.0. The first-order valence-corrected chi connectivity index (χ1v) is 36.3. The summed E-state index contributed by atoms with van der Waals surface area (Å²) in [5, 5.41) is 14.0. The summed E-state index contributed by atoms with van der Waals surface area (Å²) in [6.07, 6.45) is 87.6. The monoisotopic (exact) mass is 1160 g/mol. The van der Waals surface area contributed by atoms with Gasteiger partial charge in [-0.25, -0.2) is 4.57 Å².